The molecule has 9 nitrogen and oxygen atoms in total. The highest BCUT2D eigenvalue weighted by atomic mass is 32.1. The van der Waals surface area contributed by atoms with Crippen LogP contribution in [0.15, 0.2) is 17.5 Å². The lowest BCUT2D eigenvalue weighted by Crippen LogP contribution is -2.38. The van der Waals surface area contributed by atoms with E-state index in [9.17, 15) is 4.79 Å². The summed E-state index contributed by atoms with van der Waals surface area (Å²) >= 11 is 1.46. The molecule has 2 N–H and O–H groups in total. The minimum Gasteiger partial charge on any atom is -0.378 e. The van der Waals surface area contributed by atoms with Crippen molar-refractivity contribution in [2.45, 2.75) is 6.54 Å². The van der Waals surface area contributed by atoms with Gasteiger partial charge < -0.3 is 19.9 Å². The summed E-state index contributed by atoms with van der Waals surface area (Å²) in [7, 11) is 3.75. The molecular formula is C15H21N7O2S. The number of anilines is 3. The second-order valence-electron chi connectivity index (χ2n) is 5.63. The minimum absolute atomic E-state index is 0.220. The molecule has 0 bridgehead atoms. The minimum atomic E-state index is -0.290. The zero-order valence-corrected chi connectivity index (χ0v) is 15.0. The smallest absolute Gasteiger partial charge is 0.320 e. The van der Waals surface area contributed by atoms with Crippen LogP contribution in [0.25, 0.3) is 0 Å². The number of amides is 2. The molecule has 0 aliphatic carbocycles. The number of morpholine rings is 1. The van der Waals surface area contributed by atoms with Crippen LogP contribution < -0.4 is 20.4 Å². The molecule has 25 heavy (non-hydrogen) atoms. The number of carbonyl (C=O) groups excluding carboxylic acids is 1. The number of nitrogens with zero attached hydrogens (tertiary/aromatic N) is 5. The van der Waals surface area contributed by atoms with Gasteiger partial charge in [0.2, 0.25) is 11.9 Å². The summed E-state index contributed by atoms with van der Waals surface area (Å²) in [4.78, 5) is 29.2. The molecule has 1 aliphatic heterocycles. The fourth-order valence-corrected chi connectivity index (χ4v) is 2.86. The summed E-state index contributed by atoms with van der Waals surface area (Å²) in [5.41, 5.74) is 0. The Morgan fingerprint density at radius 2 is 2.12 bits per heavy atom. The SMILES string of the molecule is CN(C)c1nc(CNC(=O)Nc2cccs2)nc(N2CCOCC2)n1. The lowest BCUT2D eigenvalue weighted by atomic mass is 10.4. The van der Waals surface area contributed by atoms with Crippen LogP contribution >= 0.6 is 11.3 Å². The Kier molecular flexibility index (Phi) is 5.61. The fraction of sp³-hybridized carbons (Fsp3) is 0.467. The molecule has 0 unspecified atom stereocenters. The van der Waals surface area contributed by atoms with E-state index in [4.69, 9.17) is 4.74 Å². The first-order valence-corrected chi connectivity index (χ1v) is 8.83. The molecule has 0 atom stereocenters. The molecule has 2 amide bonds. The fourth-order valence-electron chi connectivity index (χ4n) is 2.24. The van der Waals surface area contributed by atoms with Gasteiger partial charge in [-0.1, -0.05) is 0 Å². The number of carbonyl (C=O) groups is 1. The standard InChI is InChI=1S/C15H21N7O2S/c1-21(2)13-17-11(10-16-15(23)19-12-4-3-9-25-12)18-14(20-13)22-5-7-24-8-6-22/h3-4,9H,5-8,10H2,1-2H3,(H2,16,19,23). The molecule has 3 heterocycles. The van der Waals surface area contributed by atoms with Crippen LogP contribution in [-0.2, 0) is 11.3 Å². The molecule has 0 saturated carbocycles. The summed E-state index contributed by atoms with van der Waals surface area (Å²) in [5, 5.41) is 8.23. The maximum absolute atomic E-state index is 12.0. The first kappa shape index (κ1) is 17.4. The van der Waals surface area contributed by atoms with Crippen molar-refractivity contribution in [3.63, 3.8) is 0 Å². The van der Waals surface area contributed by atoms with Crippen LogP contribution in [0.4, 0.5) is 21.7 Å². The molecular weight excluding hydrogens is 342 g/mol. The van der Waals surface area contributed by atoms with E-state index in [1.54, 1.807) is 0 Å². The van der Waals surface area contributed by atoms with Gasteiger partial charge in [0.25, 0.3) is 0 Å². The highest BCUT2D eigenvalue weighted by molar-refractivity contribution is 7.14. The van der Waals surface area contributed by atoms with Crippen LogP contribution in [0.5, 0.6) is 0 Å². The van der Waals surface area contributed by atoms with Gasteiger partial charge in [-0.3, -0.25) is 5.32 Å². The summed E-state index contributed by atoms with van der Waals surface area (Å²) in [5.74, 6) is 1.69. The van der Waals surface area contributed by atoms with Crippen molar-refractivity contribution < 1.29 is 9.53 Å². The van der Waals surface area contributed by atoms with E-state index >= 15 is 0 Å². The predicted octanol–water partition coefficient (Wildman–Crippen LogP) is 1.16. The molecule has 0 radical (unpaired) electrons. The molecule has 1 aliphatic rings. The summed E-state index contributed by atoms with van der Waals surface area (Å²) in [6.45, 7) is 3.00. The van der Waals surface area contributed by atoms with E-state index in [1.165, 1.54) is 11.3 Å². The number of thiophene rings is 1. The number of aromatic nitrogens is 3. The molecule has 2 aromatic rings. The summed E-state index contributed by atoms with van der Waals surface area (Å²) in [6.07, 6.45) is 0. The second-order valence-corrected chi connectivity index (χ2v) is 6.58. The van der Waals surface area contributed by atoms with Crippen LogP contribution in [-0.4, -0.2) is 61.4 Å². The van der Waals surface area contributed by atoms with Crippen LogP contribution in [0.3, 0.4) is 0 Å². The number of rotatable bonds is 5. The Hall–Kier alpha value is -2.46. The van der Waals surface area contributed by atoms with Crippen LogP contribution in [0.1, 0.15) is 5.82 Å². The van der Waals surface area contributed by atoms with Gasteiger partial charge in [-0.25, -0.2) is 4.79 Å². The van der Waals surface area contributed by atoms with Crippen LogP contribution in [0, 0.1) is 0 Å². The van der Waals surface area contributed by atoms with Gasteiger partial charge in [-0.05, 0) is 17.5 Å². The van der Waals surface area contributed by atoms with Gasteiger partial charge in [-0.2, -0.15) is 15.0 Å². The molecule has 1 saturated heterocycles. The third kappa shape index (κ3) is 4.77. The normalized spacial score (nSPS) is 14.2. The first-order valence-electron chi connectivity index (χ1n) is 7.95. The Balaban J connectivity index is 1.68. The first-order chi connectivity index (χ1) is 12.1. The summed E-state index contributed by atoms with van der Waals surface area (Å²) < 4.78 is 5.37. The summed E-state index contributed by atoms with van der Waals surface area (Å²) in [6, 6.07) is 3.43. The van der Waals surface area contributed by atoms with E-state index in [1.807, 2.05) is 36.5 Å². The Bertz CT molecular complexity index is 702. The Morgan fingerprint density at radius 3 is 2.80 bits per heavy atom. The largest absolute Gasteiger partial charge is 0.378 e. The van der Waals surface area contributed by atoms with Crippen molar-refractivity contribution in [2.75, 3.05) is 55.5 Å². The molecule has 0 aromatic carbocycles. The van der Waals surface area contributed by atoms with E-state index < -0.39 is 0 Å². The van der Waals surface area contributed by atoms with Gasteiger partial charge in [0.15, 0.2) is 5.82 Å². The zero-order chi connectivity index (χ0) is 17.6. The third-order valence-corrected chi connectivity index (χ3v) is 4.30. The average Bonchev–Trinajstić information content (AvgIpc) is 3.13. The van der Waals surface area contributed by atoms with Crippen molar-refractivity contribution in [1.82, 2.24) is 20.3 Å². The van der Waals surface area contributed by atoms with Crippen LogP contribution in [0.2, 0.25) is 0 Å². The molecule has 2 aromatic heterocycles. The monoisotopic (exact) mass is 363 g/mol. The highest BCUT2D eigenvalue weighted by Crippen LogP contribution is 2.15. The van der Waals surface area contributed by atoms with E-state index in [0.717, 1.165) is 18.1 Å². The lowest BCUT2D eigenvalue weighted by Gasteiger charge is -2.27. The number of hydrogen-bond donors (Lipinski definition) is 2. The molecule has 134 valence electrons. The van der Waals surface area contributed by atoms with E-state index in [-0.39, 0.29) is 12.6 Å². The van der Waals surface area contributed by atoms with Gasteiger partial charge in [0.05, 0.1) is 24.8 Å². The highest BCUT2D eigenvalue weighted by Gasteiger charge is 2.17. The van der Waals surface area contributed by atoms with Gasteiger partial charge >= 0.3 is 6.03 Å². The number of nitrogens with one attached hydrogen (secondary N) is 2. The quantitative estimate of drug-likeness (QED) is 0.823. The van der Waals surface area contributed by atoms with Gasteiger partial charge in [0.1, 0.15) is 0 Å². The maximum Gasteiger partial charge on any atom is 0.320 e. The molecule has 1 fully saturated rings. The predicted molar refractivity (Wildman–Crippen MR) is 97.4 cm³/mol. The number of hydrogen-bond acceptors (Lipinski definition) is 8. The van der Waals surface area contributed by atoms with E-state index in [0.29, 0.717) is 30.9 Å². The van der Waals surface area contributed by atoms with Crippen molar-refractivity contribution in [1.29, 1.82) is 0 Å². The molecule has 3 rings (SSSR count). The van der Waals surface area contributed by atoms with Gasteiger partial charge in [-0.15, -0.1) is 11.3 Å². The van der Waals surface area contributed by atoms with Crippen molar-refractivity contribution in [2.24, 2.45) is 0 Å². The lowest BCUT2D eigenvalue weighted by molar-refractivity contribution is 0.122. The molecule has 0 spiro atoms. The molecule has 10 heteroatoms. The van der Waals surface area contributed by atoms with Crippen molar-refractivity contribution >= 4 is 34.3 Å². The Morgan fingerprint density at radius 1 is 1.32 bits per heavy atom. The van der Waals surface area contributed by atoms with Gasteiger partial charge in [0, 0.05) is 27.2 Å². The third-order valence-electron chi connectivity index (χ3n) is 3.52. The second kappa shape index (κ2) is 8.08. The van der Waals surface area contributed by atoms with Crippen molar-refractivity contribution in [3.8, 4) is 0 Å². The average molecular weight is 363 g/mol. The van der Waals surface area contributed by atoms with Crippen molar-refractivity contribution in [3.05, 3.63) is 23.3 Å². The maximum atomic E-state index is 12.0. The number of ether oxygens (including phenoxy) is 1. The Labute approximate surface area is 150 Å². The number of urea groups is 1. The topological polar surface area (TPSA) is 95.5 Å². The zero-order valence-electron chi connectivity index (χ0n) is 14.2. The van der Waals surface area contributed by atoms with E-state index in [2.05, 4.69) is 30.5 Å².